The molecule has 0 bridgehead atoms. The molecule has 2 aromatic rings. The number of esters is 1. The van der Waals surface area contributed by atoms with E-state index in [0.29, 0.717) is 11.1 Å². The molecule has 0 saturated carbocycles. The van der Waals surface area contributed by atoms with E-state index in [4.69, 9.17) is 13.6 Å². The second-order valence-corrected chi connectivity index (χ2v) is 7.53. The van der Waals surface area contributed by atoms with Crippen LogP contribution >= 0.6 is 0 Å². The summed E-state index contributed by atoms with van der Waals surface area (Å²) in [6.45, 7) is 3.23. The van der Waals surface area contributed by atoms with Gasteiger partial charge in [-0.15, -0.1) is 0 Å². The Morgan fingerprint density at radius 2 is 1.88 bits per heavy atom. The van der Waals surface area contributed by atoms with Gasteiger partial charge in [0.1, 0.15) is 11.4 Å². The lowest BCUT2D eigenvalue weighted by Crippen LogP contribution is -2.22. The fraction of sp³-hybridized carbons (Fsp3) is 0.222. The Bertz CT molecular complexity index is 1090. The van der Waals surface area contributed by atoms with Crippen LogP contribution in [0, 0.1) is 5.82 Å². The van der Waals surface area contributed by atoms with Crippen molar-refractivity contribution < 1.29 is 31.2 Å². The molecule has 0 N–H and O–H groups in total. The van der Waals surface area contributed by atoms with Crippen molar-refractivity contribution in [1.82, 2.24) is 4.98 Å². The third-order valence-corrected chi connectivity index (χ3v) is 4.62. The molecule has 0 spiro atoms. The lowest BCUT2D eigenvalue weighted by atomic mass is 9.92. The molecule has 1 aliphatic rings. The van der Waals surface area contributed by atoms with E-state index in [-0.39, 0.29) is 16.5 Å². The Labute approximate surface area is 154 Å². The van der Waals surface area contributed by atoms with Crippen LogP contribution in [0.15, 0.2) is 53.2 Å². The quantitative estimate of drug-likeness (QED) is 0.759. The highest BCUT2D eigenvalue weighted by Crippen LogP contribution is 2.40. The topological polar surface area (TPSA) is 82.6 Å². The Balaban J connectivity index is 2.06. The van der Waals surface area contributed by atoms with Crippen LogP contribution < -0.4 is 4.74 Å². The molecule has 6 nitrogen and oxygen atoms in total. The van der Waals surface area contributed by atoms with E-state index in [2.05, 4.69) is 4.98 Å². The van der Waals surface area contributed by atoms with Crippen LogP contribution in [0.25, 0.3) is 5.57 Å². The van der Waals surface area contributed by atoms with Crippen LogP contribution in [-0.2, 0) is 19.4 Å². The molecule has 0 amide bonds. The number of halogens is 1. The molecule has 1 aromatic carbocycles. The van der Waals surface area contributed by atoms with Crippen LogP contribution in [0.5, 0.6) is 5.88 Å². The molecule has 0 radical (unpaired) electrons. The molecule has 0 aliphatic carbocycles. The van der Waals surface area contributed by atoms with Crippen molar-refractivity contribution in [1.29, 1.82) is 0 Å². The van der Waals surface area contributed by atoms with Gasteiger partial charge in [0.05, 0.1) is 16.7 Å². The molecule has 1 aliphatic heterocycles. The average Bonchev–Trinajstić information content (AvgIpc) is 2.84. The summed E-state index contributed by atoms with van der Waals surface area (Å²) < 4.78 is 69.6. The molecule has 26 heavy (non-hydrogen) atoms. The third kappa shape index (κ3) is 3.45. The molecule has 1 aromatic heterocycles. The Morgan fingerprint density at radius 1 is 1.19 bits per heavy atom. The first-order chi connectivity index (χ1) is 13.3. The fourth-order valence-corrected chi connectivity index (χ4v) is 3.10. The molecular weight excluding hydrogens is 361 g/mol. The predicted octanol–water partition coefficient (Wildman–Crippen LogP) is 2.75. The van der Waals surface area contributed by atoms with E-state index in [9.17, 15) is 17.6 Å². The fourth-order valence-electron chi connectivity index (χ4n) is 2.60. The standard InChI is InChI=1S/C18H16FNO5S/c1-18(2)15(11-4-7-13(8-5-11)26(3,22)23)16(17(21)25-18)24-14-9-6-12(19)10-20-14/h4-10H,1-3H3/i3D3. The zero-order valence-corrected chi connectivity index (χ0v) is 14.6. The number of rotatable bonds is 4. The van der Waals surface area contributed by atoms with Gasteiger partial charge in [0.15, 0.2) is 9.84 Å². The molecule has 0 saturated heterocycles. The minimum atomic E-state index is -4.51. The third-order valence-electron chi connectivity index (χ3n) is 3.72. The van der Waals surface area contributed by atoms with Crippen molar-refractivity contribution in [2.75, 3.05) is 6.18 Å². The highest BCUT2D eigenvalue weighted by Gasteiger charge is 2.43. The average molecular weight is 380 g/mol. The van der Waals surface area contributed by atoms with Gasteiger partial charge in [0.25, 0.3) is 0 Å². The number of carbonyl (C=O) groups excluding carboxylic acids is 1. The largest absolute Gasteiger partial charge is 0.449 e. The number of hydrogen-bond acceptors (Lipinski definition) is 6. The Hall–Kier alpha value is -2.74. The number of hydrogen-bond donors (Lipinski definition) is 0. The van der Waals surface area contributed by atoms with Crippen molar-refractivity contribution in [3.63, 3.8) is 0 Å². The zero-order chi connectivity index (χ0) is 21.6. The second-order valence-electron chi connectivity index (χ2n) is 6.05. The van der Waals surface area contributed by atoms with Crippen molar-refractivity contribution in [2.45, 2.75) is 24.3 Å². The first-order valence-electron chi connectivity index (χ1n) is 8.95. The molecule has 0 unspecified atom stereocenters. The Kier molecular flexibility index (Phi) is 3.45. The summed E-state index contributed by atoms with van der Waals surface area (Å²) in [7, 11) is -4.51. The smallest absolute Gasteiger partial charge is 0.375 e. The van der Waals surface area contributed by atoms with Crippen LogP contribution in [0.1, 0.15) is 23.5 Å². The van der Waals surface area contributed by atoms with Crippen molar-refractivity contribution >= 4 is 21.4 Å². The number of benzene rings is 1. The zero-order valence-electron chi connectivity index (χ0n) is 16.8. The summed E-state index contributed by atoms with van der Waals surface area (Å²) in [6.07, 6.45) is -2.27. The van der Waals surface area contributed by atoms with Gasteiger partial charge in [0.2, 0.25) is 11.6 Å². The monoisotopic (exact) mass is 380 g/mol. The van der Waals surface area contributed by atoms with Gasteiger partial charge in [-0.3, -0.25) is 0 Å². The molecule has 0 atom stereocenters. The number of carbonyl (C=O) groups is 1. The van der Waals surface area contributed by atoms with Gasteiger partial charge >= 0.3 is 5.97 Å². The Morgan fingerprint density at radius 3 is 2.46 bits per heavy atom. The lowest BCUT2D eigenvalue weighted by Gasteiger charge is -2.21. The highest BCUT2D eigenvalue weighted by atomic mass is 32.2. The summed E-state index contributed by atoms with van der Waals surface area (Å²) in [5.74, 6) is -1.56. The molecule has 2 heterocycles. The first kappa shape index (κ1) is 14.4. The van der Waals surface area contributed by atoms with Gasteiger partial charge in [-0.2, -0.15) is 0 Å². The number of pyridine rings is 1. The van der Waals surface area contributed by atoms with Crippen LogP contribution in [0.4, 0.5) is 4.39 Å². The first-order valence-corrected chi connectivity index (χ1v) is 8.94. The van der Waals surface area contributed by atoms with Crippen LogP contribution in [0.3, 0.4) is 0 Å². The van der Waals surface area contributed by atoms with Gasteiger partial charge in [-0.05, 0) is 37.6 Å². The van der Waals surface area contributed by atoms with Gasteiger partial charge < -0.3 is 9.47 Å². The van der Waals surface area contributed by atoms with E-state index < -0.39 is 33.4 Å². The predicted molar refractivity (Wildman–Crippen MR) is 91.5 cm³/mol. The van der Waals surface area contributed by atoms with E-state index in [1.54, 1.807) is 13.8 Å². The number of cyclic esters (lactones) is 1. The van der Waals surface area contributed by atoms with E-state index in [0.717, 1.165) is 24.4 Å². The number of aromatic nitrogens is 1. The number of sulfone groups is 1. The minimum absolute atomic E-state index is 0.0323. The molecule has 136 valence electrons. The van der Waals surface area contributed by atoms with Crippen LogP contribution in [0.2, 0.25) is 0 Å². The highest BCUT2D eigenvalue weighted by molar-refractivity contribution is 7.90. The summed E-state index contributed by atoms with van der Waals surface area (Å²) in [5, 5.41) is 0. The lowest BCUT2D eigenvalue weighted by molar-refractivity contribution is -0.145. The van der Waals surface area contributed by atoms with E-state index >= 15 is 0 Å². The molecule has 8 heteroatoms. The summed E-state index contributed by atoms with van der Waals surface area (Å²) in [5.41, 5.74) is -0.412. The number of nitrogens with zero attached hydrogens (tertiary/aromatic N) is 1. The van der Waals surface area contributed by atoms with Gasteiger partial charge in [-0.1, -0.05) is 12.1 Å². The van der Waals surface area contributed by atoms with E-state index in [1.807, 2.05) is 0 Å². The van der Waals surface area contributed by atoms with Gasteiger partial charge in [0, 0.05) is 16.4 Å². The van der Waals surface area contributed by atoms with Crippen molar-refractivity contribution in [3.8, 4) is 5.88 Å². The minimum Gasteiger partial charge on any atom is -0.449 e. The normalized spacial score (nSPS) is 18.7. The molecule has 3 rings (SSSR count). The maximum atomic E-state index is 13.0. The summed E-state index contributed by atoms with van der Waals surface area (Å²) >= 11 is 0. The van der Waals surface area contributed by atoms with Gasteiger partial charge in [-0.25, -0.2) is 22.6 Å². The van der Waals surface area contributed by atoms with E-state index in [1.165, 1.54) is 18.2 Å². The van der Waals surface area contributed by atoms with Crippen LogP contribution in [-0.4, -0.2) is 31.2 Å². The SMILES string of the molecule is [2H]C([2H])([2H])S(=O)(=O)c1ccc(C2=C(Oc3ccc(F)cn3)C(=O)OC2(C)C)cc1. The maximum Gasteiger partial charge on any atom is 0.375 e. The van der Waals surface area contributed by atoms with Crippen molar-refractivity contribution in [3.05, 3.63) is 59.7 Å². The number of ether oxygens (including phenoxy) is 2. The van der Waals surface area contributed by atoms with Crippen molar-refractivity contribution in [2.24, 2.45) is 0 Å². The summed E-state index contributed by atoms with van der Waals surface area (Å²) in [4.78, 5) is 15.7. The maximum absolute atomic E-state index is 13.0. The molecule has 0 fully saturated rings. The molecular formula is C18H16FNO5S. The second kappa shape index (κ2) is 6.21. The summed E-state index contributed by atoms with van der Waals surface area (Å²) in [6, 6.07) is 7.35.